The van der Waals surface area contributed by atoms with Crippen LogP contribution < -0.4 is 4.74 Å². The van der Waals surface area contributed by atoms with Crippen LogP contribution in [0.4, 0.5) is 0 Å². The zero-order valence-electron chi connectivity index (χ0n) is 11.9. The average Bonchev–Trinajstić information content (AvgIpc) is 2.52. The Morgan fingerprint density at radius 3 is 3.05 bits per heavy atom. The maximum Gasteiger partial charge on any atom is 0.246 e. The molecule has 0 saturated heterocycles. The van der Waals surface area contributed by atoms with E-state index in [1.165, 1.54) is 0 Å². The highest BCUT2D eigenvalue weighted by Crippen LogP contribution is 2.15. The molecule has 20 heavy (non-hydrogen) atoms. The normalized spacial score (nSPS) is 14.8. The third-order valence-electron chi connectivity index (χ3n) is 3.12. The van der Waals surface area contributed by atoms with Gasteiger partial charge in [-0.1, -0.05) is 31.2 Å². The molecule has 2 rings (SSSR count). The van der Waals surface area contributed by atoms with Crippen LogP contribution in [0.2, 0.25) is 0 Å². The summed E-state index contributed by atoms with van der Waals surface area (Å²) < 4.78 is 5.58. The van der Waals surface area contributed by atoms with Gasteiger partial charge in [0.1, 0.15) is 5.75 Å². The maximum atomic E-state index is 12.0. The van der Waals surface area contributed by atoms with Crippen LogP contribution in [-0.4, -0.2) is 30.5 Å². The van der Waals surface area contributed by atoms with Gasteiger partial charge in [0.2, 0.25) is 5.91 Å². The number of carbonyl (C=O) groups is 1. The van der Waals surface area contributed by atoms with Crippen molar-refractivity contribution in [1.29, 1.82) is 0 Å². The Labute approximate surface area is 120 Å². The van der Waals surface area contributed by atoms with Gasteiger partial charge in [0, 0.05) is 19.2 Å². The number of nitrogens with zero attached hydrogens (tertiary/aromatic N) is 1. The second-order valence-electron chi connectivity index (χ2n) is 4.80. The summed E-state index contributed by atoms with van der Waals surface area (Å²) in [5, 5.41) is 0. The summed E-state index contributed by atoms with van der Waals surface area (Å²) in [7, 11) is 0. The van der Waals surface area contributed by atoms with Crippen molar-refractivity contribution >= 4 is 12.0 Å². The molecule has 106 valence electrons. The quantitative estimate of drug-likeness (QED) is 0.607. The van der Waals surface area contributed by atoms with Crippen molar-refractivity contribution < 1.29 is 9.53 Å². The van der Waals surface area contributed by atoms with Crippen LogP contribution in [0.15, 0.2) is 42.5 Å². The third kappa shape index (κ3) is 4.26. The van der Waals surface area contributed by atoms with Gasteiger partial charge >= 0.3 is 0 Å². The average molecular weight is 271 g/mol. The summed E-state index contributed by atoms with van der Waals surface area (Å²) in [5.41, 5.74) is 0.986. The van der Waals surface area contributed by atoms with Gasteiger partial charge in [-0.2, -0.15) is 0 Å². The molecule has 0 unspecified atom stereocenters. The Balaban J connectivity index is 1.96. The van der Waals surface area contributed by atoms with Crippen LogP contribution in [0.25, 0.3) is 6.08 Å². The van der Waals surface area contributed by atoms with Crippen molar-refractivity contribution in [2.24, 2.45) is 0 Å². The highest BCUT2D eigenvalue weighted by Gasteiger charge is 2.10. The van der Waals surface area contributed by atoms with Crippen LogP contribution in [-0.2, 0) is 4.79 Å². The Morgan fingerprint density at radius 1 is 1.40 bits per heavy atom. The highest BCUT2D eigenvalue weighted by molar-refractivity contribution is 5.92. The molecule has 0 fully saturated rings. The van der Waals surface area contributed by atoms with Crippen molar-refractivity contribution in [3.05, 3.63) is 48.1 Å². The van der Waals surface area contributed by atoms with E-state index in [9.17, 15) is 4.79 Å². The number of carbonyl (C=O) groups excluding carboxylic acids is 1. The summed E-state index contributed by atoms with van der Waals surface area (Å²) in [5.74, 6) is 0.914. The predicted octanol–water partition coefficient (Wildman–Crippen LogP) is 3.28. The lowest BCUT2D eigenvalue weighted by molar-refractivity contribution is -0.125. The summed E-state index contributed by atoms with van der Waals surface area (Å²) >= 11 is 0. The zero-order chi connectivity index (χ0) is 14.2. The minimum absolute atomic E-state index is 0.0641. The highest BCUT2D eigenvalue weighted by atomic mass is 16.5. The molecule has 1 aliphatic heterocycles. The molecule has 0 N–H and O–H groups in total. The zero-order valence-corrected chi connectivity index (χ0v) is 11.9. The van der Waals surface area contributed by atoms with E-state index >= 15 is 0 Å². The van der Waals surface area contributed by atoms with E-state index in [2.05, 4.69) is 13.0 Å². The molecular weight excluding hydrogens is 250 g/mol. The Kier molecular flexibility index (Phi) is 5.42. The minimum atomic E-state index is 0.0641. The summed E-state index contributed by atoms with van der Waals surface area (Å²) in [6.45, 7) is 4.31. The molecule has 1 aliphatic rings. The van der Waals surface area contributed by atoms with Crippen LogP contribution in [0.1, 0.15) is 25.3 Å². The molecule has 0 radical (unpaired) electrons. The van der Waals surface area contributed by atoms with Crippen molar-refractivity contribution in [3.63, 3.8) is 0 Å². The SMILES string of the molecule is CCCOc1cccc(/C=C/C(=O)N2CC=CCC2)c1. The molecule has 0 bridgehead atoms. The van der Waals surface area contributed by atoms with Gasteiger partial charge in [0.05, 0.1) is 6.61 Å². The molecular formula is C17H21NO2. The summed E-state index contributed by atoms with van der Waals surface area (Å²) in [6.07, 6.45) is 9.56. The summed E-state index contributed by atoms with van der Waals surface area (Å²) in [4.78, 5) is 13.8. The van der Waals surface area contributed by atoms with Gasteiger partial charge in [-0.3, -0.25) is 4.79 Å². The topological polar surface area (TPSA) is 29.5 Å². The van der Waals surface area contributed by atoms with Crippen LogP contribution in [0.3, 0.4) is 0 Å². The molecule has 0 aliphatic carbocycles. The van der Waals surface area contributed by atoms with Gasteiger partial charge in [0.25, 0.3) is 0 Å². The van der Waals surface area contributed by atoms with Crippen molar-refractivity contribution in [3.8, 4) is 5.75 Å². The standard InChI is InChI=1S/C17H21NO2/c1-2-13-20-16-8-6-7-15(14-16)9-10-17(19)18-11-4-3-5-12-18/h3-4,6-10,14H,2,5,11-13H2,1H3/b10-9+. The van der Waals surface area contributed by atoms with Gasteiger partial charge < -0.3 is 9.64 Å². The molecule has 1 heterocycles. The number of hydrogen-bond donors (Lipinski definition) is 0. The molecule has 0 atom stereocenters. The molecule has 0 spiro atoms. The second kappa shape index (κ2) is 7.53. The van der Waals surface area contributed by atoms with E-state index in [0.29, 0.717) is 13.2 Å². The molecule has 1 aromatic carbocycles. The van der Waals surface area contributed by atoms with E-state index in [0.717, 1.165) is 30.7 Å². The number of benzene rings is 1. The molecule has 3 heteroatoms. The molecule has 3 nitrogen and oxygen atoms in total. The van der Waals surface area contributed by atoms with Crippen molar-refractivity contribution in [1.82, 2.24) is 4.90 Å². The second-order valence-corrected chi connectivity index (χ2v) is 4.80. The fraction of sp³-hybridized carbons (Fsp3) is 0.353. The Morgan fingerprint density at radius 2 is 2.30 bits per heavy atom. The van der Waals surface area contributed by atoms with Crippen LogP contribution in [0.5, 0.6) is 5.75 Å². The van der Waals surface area contributed by atoms with E-state index in [-0.39, 0.29) is 5.91 Å². The maximum absolute atomic E-state index is 12.0. The van der Waals surface area contributed by atoms with Crippen molar-refractivity contribution in [2.45, 2.75) is 19.8 Å². The number of ether oxygens (including phenoxy) is 1. The lowest BCUT2D eigenvalue weighted by Gasteiger charge is -2.21. The lowest BCUT2D eigenvalue weighted by Crippen LogP contribution is -2.32. The first-order valence-corrected chi connectivity index (χ1v) is 7.14. The van der Waals surface area contributed by atoms with E-state index in [1.807, 2.05) is 41.3 Å². The van der Waals surface area contributed by atoms with E-state index in [1.54, 1.807) is 6.08 Å². The van der Waals surface area contributed by atoms with Gasteiger partial charge in [-0.15, -0.1) is 0 Å². The predicted molar refractivity (Wildman–Crippen MR) is 81.6 cm³/mol. The van der Waals surface area contributed by atoms with Crippen LogP contribution >= 0.6 is 0 Å². The number of amides is 1. The number of rotatable bonds is 5. The van der Waals surface area contributed by atoms with E-state index < -0.39 is 0 Å². The van der Waals surface area contributed by atoms with Gasteiger partial charge in [0.15, 0.2) is 0 Å². The van der Waals surface area contributed by atoms with Crippen molar-refractivity contribution in [2.75, 3.05) is 19.7 Å². The van der Waals surface area contributed by atoms with Crippen LogP contribution in [0, 0.1) is 0 Å². The van der Waals surface area contributed by atoms with Gasteiger partial charge in [-0.25, -0.2) is 0 Å². The lowest BCUT2D eigenvalue weighted by atomic mass is 10.2. The Bertz CT molecular complexity index is 505. The first-order valence-electron chi connectivity index (χ1n) is 7.14. The minimum Gasteiger partial charge on any atom is -0.494 e. The monoisotopic (exact) mass is 271 g/mol. The smallest absolute Gasteiger partial charge is 0.246 e. The fourth-order valence-electron chi connectivity index (χ4n) is 2.04. The molecule has 0 saturated carbocycles. The first kappa shape index (κ1) is 14.4. The summed E-state index contributed by atoms with van der Waals surface area (Å²) in [6, 6.07) is 7.80. The fourth-order valence-corrected chi connectivity index (χ4v) is 2.04. The largest absolute Gasteiger partial charge is 0.494 e. The Hall–Kier alpha value is -2.03. The first-order chi connectivity index (χ1) is 9.79. The van der Waals surface area contributed by atoms with Gasteiger partial charge in [-0.05, 0) is 36.6 Å². The molecule has 0 aromatic heterocycles. The van der Waals surface area contributed by atoms with E-state index in [4.69, 9.17) is 4.74 Å². The molecule has 1 aromatic rings. The third-order valence-corrected chi connectivity index (χ3v) is 3.12. The molecule has 1 amide bonds. The number of hydrogen-bond acceptors (Lipinski definition) is 2.